The fourth-order valence-corrected chi connectivity index (χ4v) is 4.48. The fourth-order valence-electron chi connectivity index (χ4n) is 3.72. The molecular weight excluding hydrogens is 398 g/mol. The van der Waals surface area contributed by atoms with E-state index in [9.17, 15) is 10.1 Å². The maximum Gasteiger partial charge on any atom is 0.231 e. The zero-order valence-corrected chi connectivity index (χ0v) is 18.5. The van der Waals surface area contributed by atoms with Gasteiger partial charge in [-0.3, -0.25) is 4.79 Å². The lowest BCUT2D eigenvalue weighted by Crippen LogP contribution is -2.49. The molecule has 7 nitrogen and oxygen atoms in total. The number of carbonyl (C=O) groups is 1. The van der Waals surface area contributed by atoms with E-state index in [-0.39, 0.29) is 11.7 Å². The van der Waals surface area contributed by atoms with Gasteiger partial charge in [0.05, 0.1) is 18.9 Å². The third-order valence-electron chi connectivity index (χ3n) is 5.43. The third kappa shape index (κ3) is 5.33. The molecule has 1 aromatic carbocycles. The number of ether oxygens (including phenoxy) is 1. The number of rotatable bonds is 9. The van der Waals surface area contributed by atoms with Crippen molar-refractivity contribution in [3.05, 3.63) is 24.3 Å². The minimum atomic E-state index is -0.708. The summed E-state index contributed by atoms with van der Waals surface area (Å²) in [7, 11) is 1.64. The highest BCUT2D eigenvalue weighted by Crippen LogP contribution is 2.29. The molecule has 1 saturated carbocycles. The molecule has 1 aliphatic rings. The normalized spacial score (nSPS) is 15.4. The zero-order valence-electron chi connectivity index (χ0n) is 17.7. The molecule has 0 saturated heterocycles. The highest BCUT2D eigenvalue weighted by molar-refractivity contribution is 7.99. The molecule has 1 aliphatic carbocycles. The van der Waals surface area contributed by atoms with E-state index in [0.717, 1.165) is 73.8 Å². The van der Waals surface area contributed by atoms with Crippen molar-refractivity contribution >= 4 is 17.7 Å². The minimum absolute atomic E-state index is 0.125. The van der Waals surface area contributed by atoms with Crippen LogP contribution >= 0.6 is 11.8 Å². The highest BCUT2D eigenvalue weighted by atomic mass is 32.2. The lowest BCUT2D eigenvalue weighted by atomic mass is 9.83. The molecule has 1 amide bonds. The van der Waals surface area contributed by atoms with Crippen LogP contribution in [0.5, 0.6) is 5.75 Å². The van der Waals surface area contributed by atoms with Gasteiger partial charge in [0.25, 0.3) is 0 Å². The molecule has 1 fully saturated rings. The average Bonchev–Trinajstić information content (AvgIpc) is 3.19. The summed E-state index contributed by atoms with van der Waals surface area (Å²) in [6, 6.07) is 10.1. The number of benzene rings is 1. The monoisotopic (exact) mass is 427 g/mol. The summed E-state index contributed by atoms with van der Waals surface area (Å²) < 4.78 is 7.31. The molecule has 1 N–H and O–H groups in total. The molecule has 0 unspecified atom stereocenters. The van der Waals surface area contributed by atoms with Crippen molar-refractivity contribution < 1.29 is 9.53 Å². The fraction of sp³-hybridized carbons (Fsp3) is 0.545. The van der Waals surface area contributed by atoms with Crippen molar-refractivity contribution in [3.63, 3.8) is 0 Å². The summed E-state index contributed by atoms with van der Waals surface area (Å²) in [4.78, 5) is 12.6. The molecule has 3 rings (SSSR count). The van der Waals surface area contributed by atoms with Gasteiger partial charge in [-0.1, -0.05) is 44.4 Å². The van der Waals surface area contributed by atoms with E-state index in [0.29, 0.717) is 0 Å². The summed E-state index contributed by atoms with van der Waals surface area (Å²) in [6.45, 7) is 2.93. The van der Waals surface area contributed by atoms with Crippen molar-refractivity contribution in [1.29, 1.82) is 5.26 Å². The number of aromatic nitrogens is 3. The molecule has 1 aromatic heterocycles. The van der Waals surface area contributed by atoms with Gasteiger partial charge in [0.15, 0.2) is 11.0 Å². The molecule has 0 bridgehead atoms. The predicted octanol–water partition coefficient (Wildman–Crippen LogP) is 4.19. The smallest absolute Gasteiger partial charge is 0.231 e. The minimum Gasteiger partial charge on any atom is -0.497 e. The number of methoxy groups -OCH3 is 1. The Morgan fingerprint density at radius 2 is 2.00 bits per heavy atom. The van der Waals surface area contributed by atoms with Gasteiger partial charge in [-0.25, -0.2) is 0 Å². The van der Waals surface area contributed by atoms with Crippen molar-refractivity contribution in [2.75, 3.05) is 12.9 Å². The summed E-state index contributed by atoms with van der Waals surface area (Å²) in [5.41, 5.74) is 0.251. The van der Waals surface area contributed by atoms with E-state index in [1.165, 1.54) is 11.8 Å². The van der Waals surface area contributed by atoms with Crippen LogP contribution in [0.15, 0.2) is 29.4 Å². The number of nitrogens with zero attached hydrogens (tertiary/aromatic N) is 4. The third-order valence-corrected chi connectivity index (χ3v) is 6.40. The number of hydrogen-bond donors (Lipinski definition) is 1. The quantitative estimate of drug-likeness (QED) is 0.603. The topological polar surface area (TPSA) is 92.8 Å². The second-order valence-electron chi connectivity index (χ2n) is 7.63. The van der Waals surface area contributed by atoms with E-state index in [1.54, 1.807) is 7.11 Å². The molecule has 1 heterocycles. The van der Waals surface area contributed by atoms with Crippen LogP contribution in [-0.2, 0) is 11.3 Å². The number of unbranched alkanes of at least 4 members (excludes halogenated alkanes) is 1. The molecule has 0 aliphatic heterocycles. The number of nitriles is 1. The number of nitrogens with one attached hydrogen (secondary N) is 1. The summed E-state index contributed by atoms with van der Waals surface area (Å²) >= 11 is 1.37. The van der Waals surface area contributed by atoms with Gasteiger partial charge in [-0.05, 0) is 43.5 Å². The molecule has 0 radical (unpaired) electrons. The largest absolute Gasteiger partial charge is 0.497 e. The Bertz CT molecular complexity index is 882. The molecule has 8 heteroatoms. The number of amides is 1. The Kier molecular flexibility index (Phi) is 7.75. The van der Waals surface area contributed by atoms with Crippen LogP contribution < -0.4 is 10.1 Å². The molecule has 2 aromatic rings. The van der Waals surface area contributed by atoms with E-state index < -0.39 is 5.54 Å². The Hall–Kier alpha value is -2.53. The Morgan fingerprint density at radius 3 is 2.63 bits per heavy atom. The first kappa shape index (κ1) is 22.2. The van der Waals surface area contributed by atoms with Crippen LogP contribution in [0.4, 0.5) is 0 Å². The number of carbonyl (C=O) groups excluding carboxylic acids is 1. The van der Waals surface area contributed by atoms with Gasteiger partial charge in [0.1, 0.15) is 11.3 Å². The maximum absolute atomic E-state index is 12.6. The first-order valence-electron chi connectivity index (χ1n) is 10.5. The van der Waals surface area contributed by atoms with Crippen LogP contribution in [0, 0.1) is 11.3 Å². The van der Waals surface area contributed by atoms with E-state index in [1.807, 2.05) is 24.3 Å². The summed E-state index contributed by atoms with van der Waals surface area (Å²) in [6.07, 6.45) is 6.61. The molecule has 160 valence electrons. The lowest BCUT2D eigenvalue weighted by molar-refractivity contribution is -0.120. The van der Waals surface area contributed by atoms with Crippen molar-refractivity contribution in [1.82, 2.24) is 20.1 Å². The number of thioether (sulfide) groups is 1. The van der Waals surface area contributed by atoms with E-state index >= 15 is 0 Å². The predicted molar refractivity (Wildman–Crippen MR) is 117 cm³/mol. The second-order valence-corrected chi connectivity index (χ2v) is 8.57. The summed E-state index contributed by atoms with van der Waals surface area (Å²) in [5, 5.41) is 22.0. The van der Waals surface area contributed by atoms with Gasteiger partial charge < -0.3 is 14.6 Å². The van der Waals surface area contributed by atoms with Crippen LogP contribution in [0.3, 0.4) is 0 Å². The molecule has 0 spiro atoms. The van der Waals surface area contributed by atoms with Crippen LogP contribution in [0.25, 0.3) is 11.4 Å². The van der Waals surface area contributed by atoms with Crippen LogP contribution in [-0.4, -0.2) is 39.1 Å². The van der Waals surface area contributed by atoms with Crippen LogP contribution in [0.2, 0.25) is 0 Å². The zero-order chi connectivity index (χ0) is 21.4. The van der Waals surface area contributed by atoms with Gasteiger partial charge in [0, 0.05) is 12.1 Å². The van der Waals surface area contributed by atoms with Gasteiger partial charge in [0.2, 0.25) is 5.91 Å². The molecule has 30 heavy (non-hydrogen) atoms. The summed E-state index contributed by atoms with van der Waals surface area (Å²) in [5.74, 6) is 1.67. The Labute approximate surface area is 182 Å². The van der Waals surface area contributed by atoms with E-state index in [4.69, 9.17) is 4.74 Å². The first-order valence-corrected chi connectivity index (χ1v) is 11.5. The number of hydrogen-bond acceptors (Lipinski definition) is 6. The highest BCUT2D eigenvalue weighted by Gasteiger charge is 2.33. The lowest BCUT2D eigenvalue weighted by Gasteiger charge is -2.31. The van der Waals surface area contributed by atoms with Gasteiger partial charge >= 0.3 is 0 Å². The van der Waals surface area contributed by atoms with Crippen molar-refractivity contribution in [2.45, 2.75) is 69.1 Å². The van der Waals surface area contributed by atoms with E-state index in [2.05, 4.69) is 33.1 Å². The Balaban J connectivity index is 1.71. The maximum atomic E-state index is 12.6. The van der Waals surface area contributed by atoms with Crippen LogP contribution in [0.1, 0.15) is 51.9 Å². The first-order chi connectivity index (χ1) is 14.6. The molecule has 0 atom stereocenters. The van der Waals surface area contributed by atoms with Gasteiger partial charge in [-0.15, -0.1) is 10.2 Å². The standard InChI is InChI=1S/C22H29N5O2S/c1-3-4-14-27-20(17-8-10-18(29-2)11-9-17)25-26-21(27)30-15-19(28)24-22(16-23)12-6-5-7-13-22/h8-11H,3-7,12-15H2,1-2H3,(H,24,28). The average molecular weight is 428 g/mol. The van der Waals surface area contributed by atoms with Crippen molar-refractivity contribution in [3.8, 4) is 23.2 Å². The van der Waals surface area contributed by atoms with Gasteiger partial charge in [-0.2, -0.15) is 5.26 Å². The van der Waals surface area contributed by atoms with Crippen molar-refractivity contribution in [2.24, 2.45) is 0 Å². The Morgan fingerprint density at radius 1 is 1.27 bits per heavy atom. The SMILES string of the molecule is CCCCn1c(SCC(=O)NC2(C#N)CCCCC2)nnc1-c1ccc(OC)cc1. The molecular formula is C22H29N5O2S. The second kappa shape index (κ2) is 10.5.